The highest BCUT2D eigenvalue weighted by molar-refractivity contribution is 5.69. The number of carboxylic acids is 1. The average Bonchev–Trinajstić information content (AvgIpc) is 2.98. The van der Waals surface area contributed by atoms with Crippen LogP contribution in [0.15, 0.2) is 48.6 Å². The summed E-state index contributed by atoms with van der Waals surface area (Å²) in [5.74, 6) is -0.694. The number of esters is 1. The van der Waals surface area contributed by atoms with E-state index in [9.17, 15) is 9.59 Å². The Morgan fingerprint density at radius 2 is 0.953 bits per heavy atom. The van der Waals surface area contributed by atoms with Gasteiger partial charge in [0.1, 0.15) is 6.10 Å². The summed E-state index contributed by atoms with van der Waals surface area (Å²) in [4.78, 5) is 22.9. The molecule has 0 spiro atoms. The summed E-state index contributed by atoms with van der Waals surface area (Å²) in [6.45, 7) is 4.41. The first kappa shape index (κ1) is 40.9. The fraction of sp³-hybridized carbons (Fsp3) is 0.744. The summed E-state index contributed by atoms with van der Waals surface area (Å²) in [6.07, 6.45) is 46.1. The molecule has 0 amide bonds. The van der Waals surface area contributed by atoms with Gasteiger partial charge in [0.25, 0.3) is 0 Å². The standard InChI is InChI=1S/C39H68O4/c1-3-5-6-7-8-9-10-11-12-13-14-15-16-17-18-23-26-29-32-36-39(42)43-37(33-4-2)34-30-27-24-21-19-20-22-25-28-31-35-38(40)41/h8-9,11-12,14-15,17-18,37H,3-7,10,13,16,19-36H2,1-2H3,(H,40,41)/b9-8-,12-11-,15-14-,18-17-. The van der Waals surface area contributed by atoms with Gasteiger partial charge in [-0.3, -0.25) is 9.59 Å². The number of ether oxygens (including phenoxy) is 1. The molecule has 4 heteroatoms. The predicted molar refractivity (Wildman–Crippen MR) is 185 cm³/mol. The summed E-state index contributed by atoms with van der Waals surface area (Å²) < 4.78 is 5.83. The molecule has 0 aliphatic rings. The van der Waals surface area contributed by atoms with Crippen LogP contribution in [0, 0.1) is 0 Å². The second kappa shape index (κ2) is 34.4. The van der Waals surface area contributed by atoms with E-state index in [1.165, 1.54) is 64.2 Å². The molecule has 1 N–H and O–H groups in total. The van der Waals surface area contributed by atoms with Crippen LogP contribution < -0.4 is 0 Å². The number of rotatable bonds is 32. The zero-order chi connectivity index (χ0) is 31.5. The lowest BCUT2D eigenvalue weighted by Crippen LogP contribution is -2.18. The molecule has 0 rings (SSSR count). The second-order valence-corrected chi connectivity index (χ2v) is 12.1. The van der Waals surface area contributed by atoms with Crippen molar-refractivity contribution >= 4 is 11.9 Å². The lowest BCUT2D eigenvalue weighted by atomic mass is 10.0. The molecule has 0 aromatic carbocycles. The monoisotopic (exact) mass is 601 g/mol. The highest BCUT2D eigenvalue weighted by atomic mass is 16.5. The van der Waals surface area contributed by atoms with Gasteiger partial charge in [-0.25, -0.2) is 0 Å². The van der Waals surface area contributed by atoms with E-state index in [-0.39, 0.29) is 12.1 Å². The van der Waals surface area contributed by atoms with E-state index in [4.69, 9.17) is 9.84 Å². The van der Waals surface area contributed by atoms with E-state index in [1.54, 1.807) is 0 Å². The maximum Gasteiger partial charge on any atom is 0.306 e. The van der Waals surface area contributed by atoms with Crippen molar-refractivity contribution in [1.82, 2.24) is 0 Å². The topological polar surface area (TPSA) is 63.6 Å². The maximum absolute atomic E-state index is 12.4. The van der Waals surface area contributed by atoms with Crippen LogP contribution in [-0.4, -0.2) is 23.1 Å². The van der Waals surface area contributed by atoms with Crippen molar-refractivity contribution in [2.45, 2.75) is 187 Å². The first-order valence-corrected chi connectivity index (χ1v) is 18.1. The van der Waals surface area contributed by atoms with Crippen molar-refractivity contribution in [3.63, 3.8) is 0 Å². The van der Waals surface area contributed by atoms with Crippen LogP contribution in [0.3, 0.4) is 0 Å². The third-order valence-electron chi connectivity index (χ3n) is 7.78. The highest BCUT2D eigenvalue weighted by Gasteiger charge is 2.13. The van der Waals surface area contributed by atoms with Crippen LogP contribution >= 0.6 is 0 Å². The van der Waals surface area contributed by atoms with E-state index in [0.29, 0.717) is 12.8 Å². The van der Waals surface area contributed by atoms with Gasteiger partial charge in [-0.15, -0.1) is 0 Å². The van der Waals surface area contributed by atoms with Gasteiger partial charge in [0.2, 0.25) is 0 Å². The Balaban J connectivity index is 3.67. The molecule has 0 aromatic rings. The van der Waals surface area contributed by atoms with Crippen LogP contribution in [0.2, 0.25) is 0 Å². The molecule has 0 aliphatic heterocycles. The Morgan fingerprint density at radius 1 is 0.512 bits per heavy atom. The summed E-state index contributed by atoms with van der Waals surface area (Å²) in [5.41, 5.74) is 0. The Morgan fingerprint density at radius 3 is 1.47 bits per heavy atom. The Bertz CT molecular complexity index is 734. The molecule has 0 saturated heterocycles. The minimum absolute atomic E-state index is 0.0143. The van der Waals surface area contributed by atoms with Crippen LogP contribution in [-0.2, 0) is 14.3 Å². The SMILES string of the molecule is CCCCC/C=C\C/C=C\C/C=C\C/C=C\CCCCCC(=O)OC(CCC)CCCCCCCCCCCCC(=O)O. The molecule has 1 atom stereocenters. The largest absolute Gasteiger partial charge is 0.481 e. The molecule has 43 heavy (non-hydrogen) atoms. The van der Waals surface area contributed by atoms with Crippen molar-refractivity contribution in [2.75, 3.05) is 0 Å². The van der Waals surface area contributed by atoms with E-state index >= 15 is 0 Å². The Kier molecular flexibility index (Phi) is 32.7. The Labute approximate surface area is 266 Å². The quantitative estimate of drug-likeness (QED) is 0.0474. The number of unbranched alkanes of at least 4 members (excludes halogenated alkanes) is 15. The van der Waals surface area contributed by atoms with Crippen molar-refractivity contribution in [1.29, 1.82) is 0 Å². The molecule has 0 radical (unpaired) electrons. The normalized spacial score (nSPS) is 12.8. The molecular weight excluding hydrogens is 532 g/mol. The molecule has 0 saturated carbocycles. The van der Waals surface area contributed by atoms with E-state index in [0.717, 1.165) is 89.9 Å². The van der Waals surface area contributed by atoms with Crippen LogP contribution in [0.4, 0.5) is 0 Å². The number of hydrogen-bond acceptors (Lipinski definition) is 3. The van der Waals surface area contributed by atoms with Crippen LogP contribution in [0.1, 0.15) is 181 Å². The lowest BCUT2D eigenvalue weighted by molar-refractivity contribution is -0.150. The number of carbonyl (C=O) groups is 2. The van der Waals surface area contributed by atoms with Gasteiger partial charge >= 0.3 is 11.9 Å². The minimum Gasteiger partial charge on any atom is -0.481 e. The number of carbonyl (C=O) groups excluding carboxylic acids is 1. The van der Waals surface area contributed by atoms with Crippen molar-refractivity contribution in [3.05, 3.63) is 48.6 Å². The van der Waals surface area contributed by atoms with Gasteiger partial charge in [-0.1, -0.05) is 140 Å². The molecular formula is C39H68O4. The van der Waals surface area contributed by atoms with Gasteiger partial charge in [0.15, 0.2) is 0 Å². The summed E-state index contributed by atoms with van der Waals surface area (Å²) in [6, 6.07) is 0. The number of allylic oxidation sites excluding steroid dienone is 8. The first-order valence-electron chi connectivity index (χ1n) is 18.1. The van der Waals surface area contributed by atoms with Gasteiger partial charge in [0.05, 0.1) is 0 Å². The van der Waals surface area contributed by atoms with Crippen molar-refractivity contribution < 1.29 is 19.4 Å². The third-order valence-corrected chi connectivity index (χ3v) is 7.78. The fourth-order valence-corrected chi connectivity index (χ4v) is 5.16. The third kappa shape index (κ3) is 34.3. The summed E-state index contributed by atoms with van der Waals surface area (Å²) in [7, 11) is 0. The zero-order valence-electron chi connectivity index (χ0n) is 28.3. The van der Waals surface area contributed by atoms with E-state index < -0.39 is 5.97 Å². The lowest BCUT2D eigenvalue weighted by Gasteiger charge is -2.17. The average molecular weight is 601 g/mol. The number of hydrogen-bond donors (Lipinski definition) is 1. The molecule has 0 aliphatic carbocycles. The van der Waals surface area contributed by atoms with E-state index in [1.807, 2.05) is 0 Å². The molecule has 0 bridgehead atoms. The first-order chi connectivity index (χ1) is 21.1. The summed E-state index contributed by atoms with van der Waals surface area (Å²) >= 11 is 0. The molecule has 0 fully saturated rings. The second-order valence-electron chi connectivity index (χ2n) is 12.1. The van der Waals surface area contributed by atoms with Crippen LogP contribution in [0.25, 0.3) is 0 Å². The van der Waals surface area contributed by atoms with Crippen molar-refractivity contribution in [3.8, 4) is 0 Å². The Hall–Kier alpha value is -2.10. The highest BCUT2D eigenvalue weighted by Crippen LogP contribution is 2.17. The van der Waals surface area contributed by atoms with E-state index in [2.05, 4.69) is 62.5 Å². The molecule has 4 nitrogen and oxygen atoms in total. The molecule has 1 unspecified atom stereocenters. The molecule has 0 heterocycles. The zero-order valence-corrected chi connectivity index (χ0v) is 28.3. The predicted octanol–water partition coefficient (Wildman–Crippen LogP) is 12.4. The van der Waals surface area contributed by atoms with Gasteiger partial charge < -0.3 is 9.84 Å². The maximum atomic E-state index is 12.4. The van der Waals surface area contributed by atoms with Crippen molar-refractivity contribution in [2.24, 2.45) is 0 Å². The molecule has 0 aromatic heterocycles. The molecule has 248 valence electrons. The smallest absolute Gasteiger partial charge is 0.306 e. The fourth-order valence-electron chi connectivity index (χ4n) is 5.16. The van der Waals surface area contributed by atoms with Gasteiger partial charge in [0, 0.05) is 12.8 Å². The number of aliphatic carboxylic acids is 1. The van der Waals surface area contributed by atoms with Gasteiger partial charge in [-0.2, -0.15) is 0 Å². The summed E-state index contributed by atoms with van der Waals surface area (Å²) in [5, 5.41) is 8.66. The van der Waals surface area contributed by atoms with Gasteiger partial charge in [-0.05, 0) is 77.0 Å². The number of carboxylic acid groups (broad SMARTS) is 1. The minimum atomic E-state index is -0.680. The van der Waals surface area contributed by atoms with Crippen LogP contribution in [0.5, 0.6) is 0 Å².